The lowest BCUT2D eigenvalue weighted by atomic mass is 9.87. The van der Waals surface area contributed by atoms with Crippen LogP contribution in [0.2, 0.25) is 0 Å². The Morgan fingerprint density at radius 1 is 1.35 bits per heavy atom. The minimum Gasteiger partial charge on any atom is -0.374 e. The second-order valence-electron chi connectivity index (χ2n) is 4.98. The highest BCUT2D eigenvalue weighted by atomic mass is 19.3. The molecule has 3 saturated heterocycles. The lowest BCUT2D eigenvalue weighted by molar-refractivity contribution is -0.200. The average Bonchev–Trinajstić information content (AvgIpc) is 2.82. The maximum atomic E-state index is 12.1. The molecule has 0 unspecified atom stereocenters. The summed E-state index contributed by atoms with van der Waals surface area (Å²) in [6.07, 6.45) is 2.59. The smallest absolute Gasteiger partial charge is 0.345 e. The molecule has 0 radical (unpaired) electrons. The molecule has 1 amide bonds. The van der Waals surface area contributed by atoms with Crippen LogP contribution < -0.4 is 0 Å². The van der Waals surface area contributed by atoms with Gasteiger partial charge in [0, 0.05) is 13.1 Å². The zero-order valence-corrected chi connectivity index (χ0v) is 9.35. The molecule has 0 N–H and O–H groups in total. The molecule has 96 valence electrons. The molecule has 0 aromatic rings. The number of hydrogen-bond acceptors (Lipinski definition) is 3. The van der Waals surface area contributed by atoms with E-state index in [0.717, 1.165) is 19.3 Å². The van der Waals surface area contributed by atoms with E-state index in [2.05, 4.69) is 4.74 Å². The number of alkyl halides is 2. The van der Waals surface area contributed by atoms with Gasteiger partial charge in [-0.05, 0) is 19.3 Å². The molecule has 3 fully saturated rings. The molecule has 3 aliphatic heterocycles. The maximum Gasteiger partial charge on any atom is 0.345 e. The highest BCUT2D eigenvalue weighted by molar-refractivity contribution is 5.80. The van der Waals surface area contributed by atoms with Crippen LogP contribution in [0.25, 0.3) is 0 Å². The number of carbonyl (C=O) groups is 1. The van der Waals surface area contributed by atoms with Crippen LogP contribution in [0, 0.1) is 5.92 Å². The first-order chi connectivity index (χ1) is 8.13. The van der Waals surface area contributed by atoms with Gasteiger partial charge in [-0.1, -0.05) is 0 Å². The summed E-state index contributed by atoms with van der Waals surface area (Å²) >= 11 is 0. The van der Waals surface area contributed by atoms with E-state index in [-0.39, 0.29) is 37.1 Å². The van der Waals surface area contributed by atoms with Gasteiger partial charge in [-0.3, -0.25) is 4.79 Å². The zero-order valence-electron chi connectivity index (χ0n) is 9.35. The SMILES string of the molecule is O=C([C@@H]1C[C@H]2CC[C@@H]1O2)N1CC(OC(F)F)C1. The van der Waals surface area contributed by atoms with Crippen molar-refractivity contribution in [3.05, 3.63) is 0 Å². The summed E-state index contributed by atoms with van der Waals surface area (Å²) in [6, 6.07) is 0. The normalized spacial score (nSPS) is 36.6. The Balaban J connectivity index is 1.49. The molecule has 0 spiro atoms. The van der Waals surface area contributed by atoms with Crippen molar-refractivity contribution in [1.29, 1.82) is 0 Å². The van der Waals surface area contributed by atoms with Gasteiger partial charge in [0.25, 0.3) is 0 Å². The van der Waals surface area contributed by atoms with E-state index >= 15 is 0 Å². The molecule has 3 aliphatic rings. The molecular formula is C11H15F2NO3. The minimum absolute atomic E-state index is 0.0475. The predicted molar refractivity (Wildman–Crippen MR) is 53.5 cm³/mol. The zero-order chi connectivity index (χ0) is 12.0. The number of carbonyl (C=O) groups excluding carboxylic acids is 1. The third-order valence-electron chi connectivity index (χ3n) is 3.88. The van der Waals surface area contributed by atoms with E-state index in [4.69, 9.17) is 4.74 Å². The average molecular weight is 247 g/mol. The van der Waals surface area contributed by atoms with Crippen molar-refractivity contribution in [3.8, 4) is 0 Å². The van der Waals surface area contributed by atoms with Crippen LogP contribution in [-0.2, 0) is 14.3 Å². The van der Waals surface area contributed by atoms with Crippen LogP contribution in [0.15, 0.2) is 0 Å². The molecule has 3 heterocycles. The predicted octanol–water partition coefficient (Wildman–Crippen LogP) is 1.00. The number of fused-ring (bicyclic) bond motifs is 2. The van der Waals surface area contributed by atoms with Crippen molar-refractivity contribution in [3.63, 3.8) is 0 Å². The molecule has 4 nitrogen and oxygen atoms in total. The van der Waals surface area contributed by atoms with Crippen molar-refractivity contribution in [1.82, 2.24) is 4.90 Å². The van der Waals surface area contributed by atoms with E-state index in [0.29, 0.717) is 0 Å². The second-order valence-corrected chi connectivity index (χ2v) is 4.98. The molecule has 0 aliphatic carbocycles. The summed E-state index contributed by atoms with van der Waals surface area (Å²) in [4.78, 5) is 13.7. The van der Waals surface area contributed by atoms with Crippen LogP contribution in [0.1, 0.15) is 19.3 Å². The number of nitrogens with zero attached hydrogens (tertiary/aromatic N) is 1. The third-order valence-corrected chi connectivity index (χ3v) is 3.88. The number of amides is 1. The molecule has 2 bridgehead atoms. The van der Waals surface area contributed by atoms with Crippen LogP contribution in [-0.4, -0.2) is 48.8 Å². The molecule has 3 atom stereocenters. The van der Waals surface area contributed by atoms with Crippen molar-refractivity contribution in [2.24, 2.45) is 5.92 Å². The van der Waals surface area contributed by atoms with Crippen LogP contribution >= 0.6 is 0 Å². The van der Waals surface area contributed by atoms with Crippen molar-refractivity contribution in [2.45, 2.75) is 44.2 Å². The van der Waals surface area contributed by atoms with Crippen LogP contribution in [0.5, 0.6) is 0 Å². The van der Waals surface area contributed by atoms with E-state index in [1.807, 2.05) is 0 Å². The monoisotopic (exact) mass is 247 g/mol. The Labute approximate surface area is 97.9 Å². The third kappa shape index (κ3) is 2.04. The molecule has 0 aromatic carbocycles. The Morgan fingerprint density at radius 2 is 2.12 bits per heavy atom. The van der Waals surface area contributed by atoms with Crippen molar-refractivity contribution >= 4 is 5.91 Å². The van der Waals surface area contributed by atoms with Gasteiger partial charge >= 0.3 is 6.61 Å². The fourth-order valence-electron chi connectivity index (χ4n) is 2.98. The summed E-state index contributed by atoms with van der Waals surface area (Å²) in [6.45, 7) is -2.17. The largest absolute Gasteiger partial charge is 0.374 e. The van der Waals surface area contributed by atoms with E-state index in [1.54, 1.807) is 4.90 Å². The molecule has 17 heavy (non-hydrogen) atoms. The van der Waals surface area contributed by atoms with Gasteiger partial charge in [-0.25, -0.2) is 0 Å². The molecular weight excluding hydrogens is 232 g/mol. The Bertz CT molecular complexity index is 320. The first kappa shape index (κ1) is 11.3. The number of hydrogen-bond donors (Lipinski definition) is 0. The fraction of sp³-hybridized carbons (Fsp3) is 0.909. The molecule has 0 aromatic heterocycles. The number of halogens is 2. The van der Waals surface area contributed by atoms with Gasteiger partial charge in [0.05, 0.1) is 24.2 Å². The van der Waals surface area contributed by atoms with Crippen molar-refractivity contribution < 1.29 is 23.0 Å². The molecule has 6 heteroatoms. The van der Waals surface area contributed by atoms with Gasteiger partial charge in [0.1, 0.15) is 0 Å². The van der Waals surface area contributed by atoms with Gasteiger partial charge in [-0.15, -0.1) is 0 Å². The number of likely N-dealkylation sites (tertiary alicyclic amines) is 1. The van der Waals surface area contributed by atoms with Gasteiger partial charge in [0.2, 0.25) is 5.91 Å². The molecule has 3 rings (SSSR count). The number of ether oxygens (including phenoxy) is 2. The van der Waals surface area contributed by atoms with Crippen LogP contribution in [0.4, 0.5) is 8.78 Å². The maximum absolute atomic E-state index is 12.1. The topological polar surface area (TPSA) is 38.8 Å². The Hall–Kier alpha value is -0.750. The van der Waals surface area contributed by atoms with E-state index in [1.165, 1.54) is 0 Å². The fourth-order valence-corrected chi connectivity index (χ4v) is 2.98. The van der Waals surface area contributed by atoms with Gasteiger partial charge in [-0.2, -0.15) is 8.78 Å². The first-order valence-electron chi connectivity index (χ1n) is 6.01. The summed E-state index contributed by atoms with van der Waals surface area (Å²) < 4.78 is 33.8. The lowest BCUT2D eigenvalue weighted by Gasteiger charge is -2.40. The Kier molecular flexibility index (Phi) is 2.78. The second kappa shape index (κ2) is 4.17. The lowest BCUT2D eigenvalue weighted by Crippen LogP contribution is -2.57. The summed E-state index contributed by atoms with van der Waals surface area (Å²) in [7, 11) is 0. The highest BCUT2D eigenvalue weighted by Gasteiger charge is 2.47. The first-order valence-corrected chi connectivity index (χ1v) is 6.01. The summed E-state index contributed by atoms with van der Waals surface area (Å²) in [5.74, 6) is -0.00688. The van der Waals surface area contributed by atoms with E-state index < -0.39 is 12.7 Å². The van der Waals surface area contributed by atoms with Crippen LogP contribution in [0.3, 0.4) is 0 Å². The summed E-state index contributed by atoms with van der Waals surface area (Å²) in [5.41, 5.74) is 0. The standard InChI is InChI=1S/C11H15F2NO3/c12-11(13)17-7-4-14(5-7)10(15)8-3-6-1-2-9(8)16-6/h6-9,11H,1-5H2/t6-,8-,9+/m1/s1. The Morgan fingerprint density at radius 3 is 2.65 bits per heavy atom. The quantitative estimate of drug-likeness (QED) is 0.747. The summed E-state index contributed by atoms with van der Waals surface area (Å²) in [5, 5.41) is 0. The van der Waals surface area contributed by atoms with Gasteiger partial charge < -0.3 is 14.4 Å². The highest BCUT2D eigenvalue weighted by Crippen LogP contribution is 2.40. The van der Waals surface area contributed by atoms with Crippen molar-refractivity contribution in [2.75, 3.05) is 13.1 Å². The number of rotatable bonds is 3. The minimum atomic E-state index is -2.75. The van der Waals surface area contributed by atoms with E-state index in [9.17, 15) is 13.6 Å². The van der Waals surface area contributed by atoms with Gasteiger partial charge in [0.15, 0.2) is 0 Å². The molecule has 0 saturated carbocycles.